The van der Waals surface area contributed by atoms with Crippen molar-refractivity contribution in [1.82, 2.24) is 19.6 Å². The third-order valence-corrected chi connectivity index (χ3v) is 5.09. The van der Waals surface area contributed by atoms with E-state index in [1.54, 1.807) is 12.4 Å². The van der Waals surface area contributed by atoms with Gasteiger partial charge >= 0.3 is 0 Å². The van der Waals surface area contributed by atoms with Crippen molar-refractivity contribution in [3.05, 3.63) is 59.1 Å². The van der Waals surface area contributed by atoms with Crippen LogP contribution in [-0.4, -0.2) is 31.2 Å². The molecule has 4 aromatic rings. The van der Waals surface area contributed by atoms with Gasteiger partial charge < -0.3 is 5.32 Å². The molecule has 0 aliphatic heterocycles. The van der Waals surface area contributed by atoms with Crippen molar-refractivity contribution in [2.24, 2.45) is 0 Å². The van der Waals surface area contributed by atoms with Crippen LogP contribution in [0.4, 0.5) is 10.1 Å². The summed E-state index contributed by atoms with van der Waals surface area (Å²) in [5.74, 6) is -0.756. The molecule has 0 aliphatic rings. The standard InChI is InChI=1S/C17H11BrFN5OS/c18-10-5-6-12(11(19)7-10)21-15(25)8-26-17-16-23-20-9-24(16)14-4-2-1-3-13(14)22-17/h1-7,9H,8H2,(H,21,25). The molecule has 0 aliphatic carbocycles. The number of hydrogen-bond acceptors (Lipinski definition) is 5. The van der Waals surface area contributed by atoms with Gasteiger partial charge in [-0.3, -0.25) is 9.20 Å². The van der Waals surface area contributed by atoms with E-state index in [0.29, 0.717) is 15.1 Å². The first-order valence-electron chi connectivity index (χ1n) is 7.58. The van der Waals surface area contributed by atoms with Crippen LogP contribution in [0.2, 0.25) is 0 Å². The zero-order valence-electron chi connectivity index (χ0n) is 13.2. The van der Waals surface area contributed by atoms with Crippen molar-refractivity contribution in [2.75, 3.05) is 11.1 Å². The topological polar surface area (TPSA) is 72.2 Å². The fourth-order valence-corrected chi connectivity index (χ4v) is 3.59. The van der Waals surface area contributed by atoms with Crippen molar-refractivity contribution in [1.29, 1.82) is 0 Å². The number of nitrogens with zero attached hydrogens (tertiary/aromatic N) is 4. The summed E-state index contributed by atoms with van der Waals surface area (Å²) in [6.45, 7) is 0. The third kappa shape index (κ3) is 3.27. The van der Waals surface area contributed by atoms with Crippen LogP contribution in [0.3, 0.4) is 0 Å². The Labute approximate surface area is 160 Å². The van der Waals surface area contributed by atoms with Crippen molar-refractivity contribution in [3.63, 3.8) is 0 Å². The lowest BCUT2D eigenvalue weighted by Crippen LogP contribution is -2.15. The van der Waals surface area contributed by atoms with E-state index in [1.807, 2.05) is 28.7 Å². The highest BCUT2D eigenvalue weighted by Gasteiger charge is 2.13. The smallest absolute Gasteiger partial charge is 0.234 e. The Kier molecular flexibility index (Phi) is 4.56. The minimum absolute atomic E-state index is 0.0728. The summed E-state index contributed by atoms with van der Waals surface area (Å²) in [6, 6.07) is 12.1. The molecule has 4 rings (SSSR count). The molecule has 0 atom stereocenters. The largest absolute Gasteiger partial charge is 0.323 e. The summed E-state index contributed by atoms with van der Waals surface area (Å²) in [5, 5.41) is 11.2. The van der Waals surface area contributed by atoms with Gasteiger partial charge in [0, 0.05) is 4.47 Å². The van der Waals surface area contributed by atoms with Crippen molar-refractivity contribution in [3.8, 4) is 0 Å². The number of hydrogen-bond donors (Lipinski definition) is 1. The molecule has 2 aromatic heterocycles. The minimum atomic E-state index is -0.499. The van der Waals surface area contributed by atoms with E-state index in [-0.39, 0.29) is 17.3 Å². The number of nitrogens with one attached hydrogen (secondary N) is 1. The van der Waals surface area contributed by atoms with Crippen LogP contribution in [0.25, 0.3) is 16.7 Å². The number of carbonyl (C=O) groups excluding carboxylic acids is 1. The second kappa shape index (κ2) is 7.00. The molecule has 0 saturated heterocycles. The molecule has 0 bridgehead atoms. The molecule has 2 aromatic carbocycles. The fourth-order valence-electron chi connectivity index (χ4n) is 2.49. The minimum Gasteiger partial charge on any atom is -0.323 e. The van der Waals surface area contributed by atoms with Crippen LogP contribution in [0.1, 0.15) is 0 Å². The molecular weight excluding hydrogens is 421 g/mol. The molecular formula is C17H11BrFN5OS. The molecule has 26 heavy (non-hydrogen) atoms. The molecule has 0 unspecified atom stereocenters. The van der Waals surface area contributed by atoms with Crippen LogP contribution < -0.4 is 5.32 Å². The number of para-hydroxylation sites is 2. The number of halogens is 2. The maximum atomic E-state index is 13.8. The van der Waals surface area contributed by atoms with Crippen LogP contribution in [-0.2, 0) is 4.79 Å². The molecule has 9 heteroatoms. The zero-order chi connectivity index (χ0) is 18.1. The van der Waals surface area contributed by atoms with Crippen molar-refractivity contribution in [2.45, 2.75) is 5.03 Å². The summed E-state index contributed by atoms with van der Waals surface area (Å²) in [4.78, 5) is 16.7. The van der Waals surface area contributed by atoms with Crippen LogP contribution in [0.15, 0.2) is 58.3 Å². The second-order valence-electron chi connectivity index (χ2n) is 5.39. The summed E-state index contributed by atoms with van der Waals surface area (Å²) in [5.41, 5.74) is 2.38. The summed E-state index contributed by atoms with van der Waals surface area (Å²) in [7, 11) is 0. The van der Waals surface area contributed by atoms with E-state index in [2.05, 4.69) is 36.4 Å². The number of fused-ring (bicyclic) bond motifs is 3. The van der Waals surface area contributed by atoms with Gasteiger partial charge in [-0.2, -0.15) is 0 Å². The first kappa shape index (κ1) is 16.9. The van der Waals surface area contributed by atoms with Gasteiger partial charge in [0.15, 0.2) is 5.65 Å². The maximum Gasteiger partial charge on any atom is 0.234 e. The monoisotopic (exact) mass is 431 g/mol. The van der Waals surface area contributed by atoms with E-state index in [9.17, 15) is 9.18 Å². The second-order valence-corrected chi connectivity index (χ2v) is 7.27. The number of rotatable bonds is 4. The Hall–Kier alpha value is -2.52. The highest BCUT2D eigenvalue weighted by molar-refractivity contribution is 9.10. The Morgan fingerprint density at radius 3 is 2.96 bits per heavy atom. The lowest BCUT2D eigenvalue weighted by atomic mass is 10.3. The van der Waals surface area contributed by atoms with Gasteiger partial charge in [0.05, 0.1) is 22.5 Å². The van der Waals surface area contributed by atoms with E-state index in [4.69, 9.17) is 0 Å². The van der Waals surface area contributed by atoms with E-state index in [0.717, 1.165) is 11.0 Å². The van der Waals surface area contributed by atoms with Gasteiger partial charge in [-0.15, -0.1) is 10.2 Å². The van der Waals surface area contributed by atoms with Crippen molar-refractivity contribution >= 4 is 56.0 Å². The van der Waals surface area contributed by atoms with E-state index >= 15 is 0 Å². The number of amides is 1. The van der Waals surface area contributed by atoms with Gasteiger partial charge in [-0.25, -0.2) is 9.37 Å². The lowest BCUT2D eigenvalue weighted by Gasteiger charge is -2.08. The molecule has 0 spiro atoms. The van der Waals surface area contributed by atoms with Gasteiger partial charge in [0.1, 0.15) is 17.2 Å². The number of carbonyl (C=O) groups is 1. The van der Waals surface area contributed by atoms with Gasteiger partial charge in [-0.05, 0) is 30.3 Å². The molecule has 1 N–H and O–H groups in total. The zero-order valence-corrected chi connectivity index (χ0v) is 15.6. The third-order valence-electron chi connectivity index (χ3n) is 3.65. The number of thioether (sulfide) groups is 1. The number of anilines is 1. The molecule has 0 radical (unpaired) electrons. The Balaban J connectivity index is 1.55. The molecule has 130 valence electrons. The van der Waals surface area contributed by atoms with Crippen molar-refractivity contribution < 1.29 is 9.18 Å². The SMILES string of the molecule is O=C(CSc1nc2ccccc2n2cnnc12)Nc1ccc(Br)cc1F. The van der Waals surface area contributed by atoms with Crippen LogP contribution >= 0.6 is 27.7 Å². The van der Waals surface area contributed by atoms with E-state index < -0.39 is 5.82 Å². The quantitative estimate of drug-likeness (QED) is 0.495. The van der Waals surface area contributed by atoms with E-state index in [1.165, 1.54) is 23.9 Å². The van der Waals surface area contributed by atoms with Crippen LogP contribution in [0.5, 0.6) is 0 Å². The molecule has 1 amide bonds. The van der Waals surface area contributed by atoms with Gasteiger partial charge in [0.25, 0.3) is 0 Å². The highest BCUT2D eigenvalue weighted by atomic mass is 79.9. The lowest BCUT2D eigenvalue weighted by molar-refractivity contribution is -0.113. The van der Waals surface area contributed by atoms with Gasteiger partial charge in [-0.1, -0.05) is 39.8 Å². The predicted molar refractivity (Wildman–Crippen MR) is 102 cm³/mol. The fraction of sp³-hybridized carbons (Fsp3) is 0.0588. The Morgan fingerprint density at radius 1 is 1.27 bits per heavy atom. The maximum absolute atomic E-state index is 13.8. The summed E-state index contributed by atoms with van der Waals surface area (Å²) in [6.07, 6.45) is 1.61. The highest BCUT2D eigenvalue weighted by Crippen LogP contribution is 2.25. The summed E-state index contributed by atoms with van der Waals surface area (Å²) < 4.78 is 16.3. The number of benzene rings is 2. The first-order valence-corrected chi connectivity index (χ1v) is 9.36. The first-order chi connectivity index (χ1) is 12.6. The Morgan fingerprint density at radius 2 is 2.12 bits per heavy atom. The average molecular weight is 432 g/mol. The predicted octanol–water partition coefficient (Wildman–Crippen LogP) is 3.91. The Bertz CT molecular complexity index is 1130. The van der Waals surface area contributed by atoms with Crippen LogP contribution in [0, 0.1) is 5.82 Å². The summed E-state index contributed by atoms with van der Waals surface area (Å²) >= 11 is 4.41. The molecule has 0 fully saturated rings. The average Bonchev–Trinajstić information content (AvgIpc) is 3.12. The molecule has 6 nitrogen and oxygen atoms in total. The van der Waals surface area contributed by atoms with Gasteiger partial charge in [0.2, 0.25) is 5.91 Å². The molecule has 0 saturated carbocycles. The number of aromatic nitrogens is 4. The molecule has 2 heterocycles. The normalized spacial score (nSPS) is 11.2.